The van der Waals surface area contributed by atoms with Crippen LogP contribution in [0.1, 0.15) is 78.3 Å². The van der Waals surface area contributed by atoms with Gasteiger partial charge in [-0.2, -0.15) is 10.2 Å². The quantitative estimate of drug-likeness (QED) is 0.563. The first-order chi connectivity index (χ1) is 14.9. The summed E-state index contributed by atoms with van der Waals surface area (Å²) in [7, 11) is 0. The molecule has 2 aromatic rings. The normalized spacial score (nSPS) is 14.7. The molecule has 31 heavy (non-hydrogen) atoms. The smallest absolute Gasteiger partial charge is 0.358 e. The van der Waals surface area contributed by atoms with E-state index in [2.05, 4.69) is 15.1 Å². The summed E-state index contributed by atoms with van der Waals surface area (Å²) >= 11 is 0. The molecule has 9 nitrogen and oxygen atoms in total. The largest absolute Gasteiger partial charge is 0.461 e. The molecule has 0 spiro atoms. The number of esters is 2. The zero-order chi connectivity index (χ0) is 22.4. The molecule has 1 fully saturated rings. The molecule has 2 heterocycles. The number of rotatable bonds is 9. The molecule has 0 unspecified atom stereocenters. The third kappa shape index (κ3) is 5.72. The minimum Gasteiger partial charge on any atom is -0.461 e. The third-order valence-electron chi connectivity index (χ3n) is 5.65. The van der Waals surface area contributed by atoms with Crippen LogP contribution in [-0.4, -0.2) is 55.7 Å². The molecule has 0 radical (unpaired) electrons. The summed E-state index contributed by atoms with van der Waals surface area (Å²) in [4.78, 5) is 26.5. The highest BCUT2D eigenvalue weighted by Crippen LogP contribution is 2.24. The number of carbonyl (C=O) groups is 2. The summed E-state index contributed by atoms with van der Waals surface area (Å²) in [5, 5.41) is 8.96. The van der Waals surface area contributed by atoms with Crippen molar-refractivity contribution in [1.29, 1.82) is 0 Å². The summed E-state index contributed by atoms with van der Waals surface area (Å²) in [6.45, 7) is 9.14. The molecule has 170 valence electrons. The second kappa shape index (κ2) is 10.6. The summed E-state index contributed by atoms with van der Waals surface area (Å²) in [6, 6.07) is 3.91. The van der Waals surface area contributed by atoms with Crippen LogP contribution in [0, 0.1) is 13.8 Å². The predicted octanol–water partition coefficient (Wildman–Crippen LogP) is 3.30. The Kier molecular flexibility index (Phi) is 7.84. The van der Waals surface area contributed by atoms with Gasteiger partial charge in [-0.1, -0.05) is 19.3 Å². The van der Waals surface area contributed by atoms with E-state index in [1.54, 1.807) is 26.0 Å². The Morgan fingerprint density at radius 3 is 1.77 bits per heavy atom. The van der Waals surface area contributed by atoms with Gasteiger partial charge in [0.1, 0.15) is 0 Å². The first-order valence-electron chi connectivity index (χ1n) is 11.1. The van der Waals surface area contributed by atoms with Gasteiger partial charge in [0.25, 0.3) is 0 Å². The minimum absolute atomic E-state index is 0.320. The van der Waals surface area contributed by atoms with Crippen molar-refractivity contribution in [3.8, 4) is 0 Å². The monoisotopic (exact) mass is 431 g/mol. The van der Waals surface area contributed by atoms with Crippen molar-refractivity contribution in [3.05, 3.63) is 34.9 Å². The summed E-state index contributed by atoms with van der Waals surface area (Å²) in [6.07, 6.45) is 5.86. The Balaban J connectivity index is 1.81. The molecule has 3 rings (SSSR count). The maximum absolute atomic E-state index is 12.1. The average Bonchev–Trinajstić information content (AvgIpc) is 3.31. The number of aryl methyl sites for hydroxylation is 2. The Morgan fingerprint density at radius 1 is 0.903 bits per heavy atom. The van der Waals surface area contributed by atoms with E-state index < -0.39 is 11.9 Å². The standard InChI is InChI=1S/C22H33N5O4/c1-5-30-21(28)19-12-16(3)26(23-19)14-25(18-10-8-7-9-11-18)15-27-17(4)13-20(24-27)22(29)31-6-2/h12-13,18H,5-11,14-15H2,1-4H3. The molecular formula is C22H33N5O4. The lowest BCUT2D eigenvalue weighted by molar-refractivity contribution is 0.0509. The molecule has 0 bridgehead atoms. The molecule has 2 aromatic heterocycles. The molecule has 0 atom stereocenters. The first kappa shape index (κ1) is 23.0. The molecular weight excluding hydrogens is 398 g/mol. The van der Waals surface area contributed by atoms with Crippen molar-refractivity contribution in [2.75, 3.05) is 13.2 Å². The van der Waals surface area contributed by atoms with Crippen LogP contribution in [0.25, 0.3) is 0 Å². The van der Waals surface area contributed by atoms with Crippen molar-refractivity contribution in [2.45, 2.75) is 79.2 Å². The molecule has 0 amide bonds. The second-order valence-corrected chi connectivity index (χ2v) is 7.95. The number of nitrogens with zero attached hydrogens (tertiary/aromatic N) is 5. The number of ether oxygens (including phenoxy) is 2. The molecule has 9 heteroatoms. The zero-order valence-electron chi connectivity index (χ0n) is 19.0. The van der Waals surface area contributed by atoms with E-state index in [-0.39, 0.29) is 0 Å². The number of aromatic nitrogens is 4. The van der Waals surface area contributed by atoms with Gasteiger partial charge in [0.2, 0.25) is 0 Å². The summed E-state index contributed by atoms with van der Waals surface area (Å²) in [5.74, 6) is -0.814. The van der Waals surface area contributed by atoms with Gasteiger partial charge in [-0.3, -0.25) is 14.3 Å². The highest BCUT2D eigenvalue weighted by molar-refractivity contribution is 5.87. The van der Waals surface area contributed by atoms with Crippen molar-refractivity contribution >= 4 is 11.9 Å². The van der Waals surface area contributed by atoms with E-state index in [4.69, 9.17) is 9.47 Å². The predicted molar refractivity (Wildman–Crippen MR) is 115 cm³/mol. The van der Waals surface area contributed by atoms with Crippen LogP contribution >= 0.6 is 0 Å². The van der Waals surface area contributed by atoms with E-state index in [1.807, 2.05) is 23.2 Å². The van der Waals surface area contributed by atoms with Gasteiger partial charge in [0.05, 0.1) is 26.6 Å². The van der Waals surface area contributed by atoms with Crippen molar-refractivity contribution in [1.82, 2.24) is 24.5 Å². The zero-order valence-corrected chi connectivity index (χ0v) is 19.0. The van der Waals surface area contributed by atoms with Gasteiger partial charge in [-0.15, -0.1) is 0 Å². The maximum atomic E-state index is 12.1. The van der Waals surface area contributed by atoms with Crippen molar-refractivity contribution < 1.29 is 19.1 Å². The fourth-order valence-electron chi connectivity index (χ4n) is 3.98. The van der Waals surface area contributed by atoms with Crippen LogP contribution in [-0.2, 0) is 22.8 Å². The molecule has 1 aliphatic rings. The van der Waals surface area contributed by atoms with Crippen molar-refractivity contribution in [2.24, 2.45) is 0 Å². The number of hydrogen-bond donors (Lipinski definition) is 0. The van der Waals surface area contributed by atoms with E-state index in [9.17, 15) is 9.59 Å². The van der Waals surface area contributed by atoms with Crippen LogP contribution in [0.3, 0.4) is 0 Å². The van der Waals surface area contributed by atoms with E-state index >= 15 is 0 Å². The van der Waals surface area contributed by atoms with Crippen LogP contribution in [0.2, 0.25) is 0 Å². The highest BCUT2D eigenvalue weighted by Gasteiger charge is 2.25. The van der Waals surface area contributed by atoms with Gasteiger partial charge in [-0.25, -0.2) is 9.59 Å². The lowest BCUT2D eigenvalue weighted by atomic mass is 9.94. The summed E-state index contributed by atoms with van der Waals surface area (Å²) < 4.78 is 13.9. The first-order valence-corrected chi connectivity index (χ1v) is 11.1. The Labute approximate surface area is 183 Å². The number of hydrogen-bond acceptors (Lipinski definition) is 7. The van der Waals surface area contributed by atoms with Crippen LogP contribution < -0.4 is 0 Å². The van der Waals surface area contributed by atoms with Gasteiger partial charge < -0.3 is 9.47 Å². The van der Waals surface area contributed by atoms with E-state index in [0.717, 1.165) is 24.2 Å². The fraction of sp³-hybridized carbons (Fsp3) is 0.636. The fourth-order valence-corrected chi connectivity index (χ4v) is 3.98. The Morgan fingerprint density at radius 2 is 1.35 bits per heavy atom. The Hall–Kier alpha value is -2.68. The highest BCUT2D eigenvalue weighted by atomic mass is 16.5. The van der Waals surface area contributed by atoms with Gasteiger partial charge >= 0.3 is 11.9 Å². The molecule has 0 N–H and O–H groups in total. The molecule has 1 saturated carbocycles. The second-order valence-electron chi connectivity index (χ2n) is 7.95. The lowest BCUT2D eigenvalue weighted by Crippen LogP contribution is -2.40. The molecule has 1 aliphatic carbocycles. The topological polar surface area (TPSA) is 91.5 Å². The molecule has 0 aliphatic heterocycles. The third-order valence-corrected chi connectivity index (χ3v) is 5.65. The van der Waals surface area contributed by atoms with E-state index in [0.29, 0.717) is 44.0 Å². The van der Waals surface area contributed by atoms with Crippen LogP contribution in [0.15, 0.2) is 12.1 Å². The molecule has 0 saturated heterocycles. The lowest BCUT2D eigenvalue weighted by Gasteiger charge is -2.34. The SMILES string of the molecule is CCOC(=O)c1cc(C)n(CN(Cn2nc(C(=O)OCC)cc2C)C2CCCCC2)n1. The van der Waals surface area contributed by atoms with Gasteiger partial charge in [-0.05, 0) is 52.7 Å². The summed E-state index contributed by atoms with van der Waals surface area (Å²) in [5.41, 5.74) is 2.44. The average molecular weight is 432 g/mol. The van der Waals surface area contributed by atoms with Crippen molar-refractivity contribution in [3.63, 3.8) is 0 Å². The number of carbonyl (C=O) groups excluding carboxylic acids is 2. The Bertz CT molecular complexity index is 834. The molecule has 0 aromatic carbocycles. The van der Waals surface area contributed by atoms with Gasteiger partial charge in [0, 0.05) is 17.4 Å². The maximum Gasteiger partial charge on any atom is 0.358 e. The minimum atomic E-state index is -0.407. The van der Waals surface area contributed by atoms with E-state index in [1.165, 1.54) is 19.3 Å². The van der Waals surface area contributed by atoms with Crippen LogP contribution in [0.4, 0.5) is 0 Å². The van der Waals surface area contributed by atoms with Gasteiger partial charge in [0.15, 0.2) is 11.4 Å². The van der Waals surface area contributed by atoms with Crippen LogP contribution in [0.5, 0.6) is 0 Å².